The normalized spacial score (nSPS) is 11.2. The lowest BCUT2D eigenvalue weighted by molar-refractivity contribution is 0.0946. The molecule has 12 heteroatoms. The zero-order valence-corrected chi connectivity index (χ0v) is 22.3. The van der Waals surface area contributed by atoms with E-state index >= 15 is 0 Å². The number of ether oxygens (including phenoxy) is 2. The molecule has 5 rings (SSSR count). The Balaban J connectivity index is 1.53. The molecule has 0 unspecified atom stereocenters. The van der Waals surface area contributed by atoms with Gasteiger partial charge in [0.25, 0.3) is 5.91 Å². The number of aliphatic hydroxyl groups is 1. The number of nitrogens with zero attached hydrogens (tertiary/aromatic N) is 6. The lowest BCUT2D eigenvalue weighted by atomic mass is 10.1. The molecule has 1 aromatic carbocycles. The molecule has 0 spiro atoms. The number of methoxy groups -OCH3 is 2. The molecule has 39 heavy (non-hydrogen) atoms. The molecule has 0 atom stereocenters. The van der Waals surface area contributed by atoms with E-state index in [1.807, 2.05) is 26.0 Å². The molecule has 0 fully saturated rings. The van der Waals surface area contributed by atoms with Gasteiger partial charge in [0.15, 0.2) is 5.76 Å². The highest BCUT2D eigenvalue weighted by Gasteiger charge is 2.24. The number of oxazole rings is 1. The van der Waals surface area contributed by atoms with Crippen molar-refractivity contribution < 1.29 is 23.8 Å². The Morgan fingerprint density at radius 1 is 1.13 bits per heavy atom. The average molecular weight is 532 g/mol. The number of benzene rings is 1. The maximum atomic E-state index is 13.3. The quantitative estimate of drug-likeness (QED) is 0.293. The first kappa shape index (κ1) is 25.9. The molecule has 0 aliphatic heterocycles. The number of pyridine rings is 1. The van der Waals surface area contributed by atoms with Crippen LogP contribution in [0.2, 0.25) is 0 Å². The fourth-order valence-corrected chi connectivity index (χ4v) is 4.42. The highest BCUT2D eigenvalue weighted by molar-refractivity contribution is 6.00. The predicted octanol–water partition coefficient (Wildman–Crippen LogP) is 3.25. The smallest absolute Gasteiger partial charge is 0.270 e. The third-order valence-corrected chi connectivity index (χ3v) is 6.40. The molecule has 12 nitrogen and oxygen atoms in total. The summed E-state index contributed by atoms with van der Waals surface area (Å²) in [5.74, 6) is 1.38. The minimum absolute atomic E-state index is 0.163. The van der Waals surface area contributed by atoms with Gasteiger partial charge in [-0.3, -0.25) is 14.2 Å². The Bertz CT molecular complexity index is 1670. The minimum atomic E-state index is -0.404. The van der Waals surface area contributed by atoms with Crippen LogP contribution in [0.4, 0.5) is 0 Å². The van der Waals surface area contributed by atoms with Gasteiger partial charge >= 0.3 is 0 Å². The first-order chi connectivity index (χ1) is 18.9. The predicted molar refractivity (Wildman–Crippen MR) is 142 cm³/mol. The number of rotatable bonds is 9. The van der Waals surface area contributed by atoms with Crippen molar-refractivity contribution in [2.75, 3.05) is 14.2 Å². The SMILES string of the molecule is CCn1nc(C)cc1-c1nc(-c2nc(C(=O)NCc3ccc(OC)cc3OC)cc3c2cnn3C)c(CO)o1. The third kappa shape index (κ3) is 4.81. The summed E-state index contributed by atoms with van der Waals surface area (Å²) in [5.41, 5.74) is 3.83. The number of aryl methyl sites for hydroxylation is 3. The fraction of sp³-hybridized carbons (Fsp3) is 0.296. The number of carbonyl (C=O) groups excluding carboxylic acids is 1. The van der Waals surface area contributed by atoms with E-state index in [2.05, 4.69) is 25.5 Å². The molecule has 0 aliphatic rings. The van der Waals surface area contributed by atoms with Crippen LogP contribution < -0.4 is 14.8 Å². The lowest BCUT2D eigenvalue weighted by Crippen LogP contribution is -2.24. The standard InChI is InChI=1S/C27H29N7O5/c1-6-34-21(9-15(2)32-34)27-31-25(23(14-35)39-27)24-18-13-29-33(3)20(18)11-19(30-24)26(36)28-12-16-7-8-17(37-4)10-22(16)38-5/h7-11,13,35H,6,12,14H2,1-5H3,(H,28,36). The highest BCUT2D eigenvalue weighted by Crippen LogP contribution is 2.33. The maximum absolute atomic E-state index is 13.3. The second kappa shape index (κ2) is 10.6. The minimum Gasteiger partial charge on any atom is -0.497 e. The van der Waals surface area contributed by atoms with E-state index in [1.165, 1.54) is 0 Å². The van der Waals surface area contributed by atoms with Crippen LogP contribution in [-0.4, -0.2) is 54.8 Å². The zero-order valence-electron chi connectivity index (χ0n) is 22.3. The van der Waals surface area contributed by atoms with Crippen LogP contribution >= 0.6 is 0 Å². The van der Waals surface area contributed by atoms with E-state index in [4.69, 9.17) is 13.9 Å². The van der Waals surface area contributed by atoms with Gasteiger partial charge in [-0.05, 0) is 38.1 Å². The average Bonchev–Trinajstić information content (AvgIpc) is 3.67. The van der Waals surface area contributed by atoms with Crippen LogP contribution in [-0.2, 0) is 26.7 Å². The van der Waals surface area contributed by atoms with Crippen LogP contribution in [0.15, 0.2) is 40.9 Å². The topological polar surface area (TPSA) is 142 Å². The first-order valence-electron chi connectivity index (χ1n) is 12.3. The van der Waals surface area contributed by atoms with Crippen LogP contribution in [0.3, 0.4) is 0 Å². The molecule has 0 bridgehead atoms. The van der Waals surface area contributed by atoms with Crippen LogP contribution in [0.25, 0.3) is 33.9 Å². The van der Waals surface area contributed by atoms with Crippen molar-refractivity contribution in [3.05, 3.63) is 59.2 Å². The highest BCUT2D eigenvalue weighted by atomic mass is 16.5. The molecule has 202 valence electrons. The van der Waals surface area contributed by atoms with Crippen LogP contribution in [0, 0.1) is 6.92 Å². The summed E-state index contributed by atoms with van der Waals surface area (Å²) in [5, 5.41) is 22.5. The summed E-state index contributed by atoms with van der Waals surface area (Å²) >= 11 is 0. The number of aliphatic hydroxyl groups excluding tert-OH is 1. The van der Waals surface area contributed by atoms with Gasteiger partial charge in [0.2, 0.25) is 5.89 Å². The van der Waals surface area contributed by atoms with Crippen molar-refractivity contribution in [3.63, 3.8) is 0 Å². The maximum Gasteiger partial charge on any atom is 0.270 e. The number of fused-ring (bicyclic) bond motifs is 1. The second-order valence-corrected chi connectivity index (χ2v) is 8.85. The van der Waals surface area contributed by atoms with Crippen LogP contribution in [0.5, 0.6) is 11.5 Å². The van der Waals surface area contributed by atoms with Gasteiger partial charge in [0.05, 0.1) is 31.6 Å². The molecule has 5 aromatic rings. The molecule has 0 aliphatic carbocycles. The van der Waals surface area contributed by atoms with E-state index in [0.29, 0.717) is 51.9 Å². The van der Waals surface area contributed by atoms with Gasteiger partial charge in [0, 0.05) is 37.2 Å². The van der Waals surface area contributed by atoms with Crippen LogP contribution in [0.1, 0.15) is 34.4 Å². The largest absolute Gasteiger partial charge is 0.497 e. The van der Waals surface area contributed by atoms with Crippen molar-refractivity contribution in [1.29, 1.82) is 0 Å². The second-order valence-electron chi connectivity index (χ2n) is 8.85. The Kier molecular flexibility index (Phi) is 7.03. The van der Waals surface area contributed by atoms with Gasteiger partial charge in [-0.2, -0.15) is 10.2 Å². The molecule has 4 heterocycles. The van der Waals surface area contributed by atoms with Crippen molar-refractivity contribution in [1.82, 2.24) is 34.8 Å². The fourth-order valence-electron chi connectivity index (χ4n) is 4.42. The van der Waals surface area contributed by atoms with Gasteiger partial charge < -0.3 is 24.3 Å². The molecule has 0 saturated heterocycles. The van der Waals surface area contributed by atoms with E-state index in [9.17, 15) is 9.90 Å². The molecular weight excluding hydrogens is 502 g/mol. The molecule has 4 aromatic heterocycles. The lowest BCUT2D eigenvalue weighted by Gasteiger charge is -2.12. The summed E-state index contributed by atoms with van der Waals surface area (Å²) in [7, 11) is 4.91. The number of hydrogen-bond acceptors (Lipinski definition) is 9. The Morgan fingerprint density at radius 3 is 2.67 bits per heavy atom. The molecule has 0 saturated carbocycles. The van der Waals surface area contributed by atoms with Crippen molar-refractivity contribution in [2.24, 2.45) is 7.05 Å². The monoisotopic (exact) mass is 531 g/mol. The van der Waals surface area contributed by atoms with Crippen molar-refractivity contribution in [3.8, 4) is 34.5 Å². The van der Waals surface area contributed by atoms with Crippen molar-refractivity contribution >= 4 is 16.8 Å². The summed E-state index contributed by atoms with van der Waals surface area (Å²) in [4.78, 5) is 22.6. The van der Waals surface area contributed by atoms with E-state index < -0.39 is 12.5 Å². The van der Waals surface area contributed by atoms with Gasteiger partial charge in [-0.1, -0.05) is 0 Å². The summed E-state index contributed by atoms with van der Waals surface area (Å²) in [6.07, 6.45) is 1.65. The Morgan fingerprint density at radius 2 is 1.95 bits per heavy atom. The molecule has 2 N–H and O–H groups in total. The number of amides is 1. The number of hydrogen-bond donors (Lipinski definition) is 2. The number of nitrogens with one attached hydrogen (secondary N) is 1. The number of carbonyl (C=O) groups is 1. The van der Waals surface area contributed by atoms with E-state index in [1.54, 1.807) is 55.0 Å². The van der Waals surface area contributed by atoms with E-state index in [0.717, 1.165) is 11.3 Å². The van der Waals surface area contributed by atoms with E-state index in [-0.39, 0.29) is 18.0 Å². The van der Waals surface area contributed by atoms with Gasteiger partial charge in [0.1, 0.15) is 40.9 Å². The van der Waals surface area contributed by atoms with Gasteiger partial charge in [-0.25, -0.2) is 9.97 Å². The zero-order chi connectivity index (χ0) is 27.7. The Labute approximate surface area is 224 Å². The molecule has 0 radical (unpaired) electrons. The Hall–Kier alpha value is -4.71. The number of aromatic nitrogens is 6. The third-order valence-electron chi connectivity index (χ3n) is 6.40. The summed E-state index contributed by atoms with van der Waals surface area (Å²) in [6.45, 7) is 4.28. The van der Waals surface area contributed by atoms with Crippen molar-refractivity contribution in [2.45, 2.75) is 33.5 Å². The summed E-state index contributed by atoms with van der Waals surface area (Å²) < 4.78 is 20.1. The molecular formula is C27H29N7O5. The first-order valence-corrected chi connectivity index (χ1v) is 12.3. The van der Waals surface area contributed by atoms with Gasteiger partial charge in [-0.15, -0.1) is 0 Å². The summed E-state index contributed by atoms with van der Waals surface area (Å²) in [6, 6.07) is 8.91. The molecule has 1 amide bonds.